The van der Waals surface area contributed by atoms with Gasteiger partial charge in [0.2, 0.25) is 0 Å². The van der Waals surface area contributed by atoms with Crippen molar-refractivity contribution in [1.29, 1.82) is 0 Å². The van der Waals surface area contributed by atoms with Crippen LogP contribution < -0.4 is 0 Å². The fourth-order valence-corrected chi connectivity index (χ4v) is 8.81. The molecule has 14 heteroatoms. The highest BCUT2D eigenvalue weighted by Gasteiger charge is 2.75. The Morgan fingerprint density at radius 2 is 1.15 bits per heavy atom. The number of aliphatic hydroxyl groups is 1. The Labute approximate surface area is 318 Å². The molecule has 0 radical (unpaired) electrons. The van der Waals surface area contributed by atoms with E-state index >= 15 is 4.79 Å². The Hall–Kier alpha value is -5.37. The van der Waals surface area contributed by atoms with Gasteiger partial charge in [-0.3, -0.25) is 24.0 Å². The molecule has 0 amide bonds. The summed E-state index contributed by atoms with van der Waals surface area (Å²) < 4.78 is 36.1. The monoisotopic (exact) mass is 762 g/mol. The van der Waals surface area contributed by atoms with Gasteiger partial charge in [0.1, 0.15) is 18.3 Å². The first-order chi connectivity index (χ1) is 25.7. The van der Waals surface area contributed by atoms with Gasteiger partial charge in [0, 0.05) is 40.5 Å². The molecule has 3 aliphatic carbocycles. The van der Waals surface area contributed by atoms with Crippen LogP contribution in [0.15, 0.2) is 71.8 Å². The summed E-state index contributed by atoms with van der Waals surface area (Å²) in [4.78, 5) is 94.7. The van der Waals surface area contributed by atoms with Gasteiger partial charge in [0.15, 0.2) is 24.1 Å². The van der Waals surface area contributed by atoms with Gasteiger partial charge in [-0.15, -0.1) is 0 Å². The zero-order valence-electron chi connectivity index (χ0n) is 32.0. The second-order valence-electron chi connectivity index (χ2n) is 15.0. The first-order valence-corrected chi connectivity index (χ1v) is 17.9. The summed E-state index contributed by atoms with van der Waals surface area (Å²) in [7, 11) is 0. The van der Waals surface area contributed by atoms with Crippen LogP contribution in [0.5, 0.6) is 0 Å². The quantitative estimate of drug-likeness (QED) is 0.216. The molecule has 55 heavy (non-hydrogen) atoms. The van der Waals surface area contributed by atoms with Crippen molar-refractivity contribution in [3.8, 4) is 0 Å². The van der Waals surface area contributed by atoms with Crippen LogP contribution in [0.4, 0.5) is 0 Å². The zero-order valence-corrected chi connectivity index (χ0v) is 32.0. The van der Waals surface area contributed by atoms with Crippen LogP contribution in [0.25, 0.3) is 0 Å². The maximum Gasteiger partial charge on any atom is 0.338 e. The van der Waals surface area contributed by atoms with Crippen molar-refractivity contribution in [2.24, 2.45) is 16.7 Å². The molecule has 0 bridgehead atoms. The van der Waals surface area contributed by atoms with Crippen LogP contribution in [-0.4, -0.2) is 88.9 Å². The summed E-state index contributed by atoms with van der Waals surface area (Å²) in [5.41, 5.74) is -5.45. The second-order valence-corrected chi connectivity index (χ2v) is 15.0. The average molecular weight is 763 g/mol. The molecule has 2 aromatic carbocycles. The largest absolute Gasteiger partial charge is 0.462 e. The lowest BCUT2D eigenvalue weighted by Crippen LogP contribution is -2.67. The van der Waals surface area contributed by atoms with Crippen LogP contribution in [0.2, 0.25) is 0 Å². The molecule has 294 valence electrons. The first-order valence-electron chi connectivity index (χ1n) is 17.9. The Bertz CT molecular complexity index is 1900. The van der Waals surface area contributed by atoms with E-state index in [0.29, 0.717) is 0 Å². The van der Waals surface area contributed by atoms with Crippen molar-refractivity contribution in [2.45, 2.75) is 110 Å². The molecule has 0 aliphatic heterocycles. The van der Waals surface area contributed by atoms with Crippen LogP contribution >= 0.6 is 0 Å². The summed E-state index contributed by atoms with van der Waals surface area (Å²) in [5.74, 6) is -7.59. The van der Waals surface area contributed by atoms with Gasteiger partial charge < -0.3 is 33.5 Å². The highest BCUT2D eigenvalue weighted by atomic mass is 16.6. The van der Waals surface area contributed by atoms with E-state index in [2.05, 4.69) is 0 Å². The number of rotatable bonds is 9. The number of Topliss-reactive ketones (excluding diaryl/α,β-unsaturated/α-hetero) is 1. The van der Waals surface area contributed by atoms with Crippen LogP contribution in [0.3, 0.4) is 0 Å². The molecule has 1 N–H and O–H groups in total. The van der Waals surface area contributed by atoms with Gasteiger partial charge in [0.05, 0.1) is 33.5 Å². The predicted molar refractivity (Wildman–Crippen MR) is 191 cm³/mol. The number of ether oxygens (including phenoxy) is 6. The molecule has 2 aromatic rings. The van der Waals surface area contributed by atoms with Gasteiger partial charge >= 0.3 is 35.8 Å². The normalized spacial score (nSPS) is 30.1. The van der Waals surface area contributed by atoms with E-state index in [4.69, 9.17) is 28.4 Å². The number of carbonyl (C=O) groups is 7. The minimum absolute atomic E-state index is 0.0571. The summed E-state index contributed by atoms with van der Waals surface area (Å²) >= 11 is 0. The van der Waals surface area contributed by atoms with E-state index in [1.54, 1.807) is 43.3 Å². The lowest BCUT2D eigenvalue weighted by Gasteiger charge is -2.54. The lowest BCUT2D eigenvalue weighted by atomic mass is 9.55. The number of fused-ring (bicyclic) bond motifs is 2. The Morgan fingerprint density at radius 3 is 1.62 bits per heavy atom. The van der Waals surface area contributed by atoms with Crippen LogP contribution in [0.1, 0.15) is 88.9 Å². The smallest absolute Gasteiger partial charge is 0.338 e. The number of hydrogen-bond acceptors (Lipinski definition) is 14. The standard InChI is InChI=1S/C41H46O14/c1-21-29(51-23(3)43)20-41(39(6,7)49)31(21)34(54-37(47)26-15-11-9-12-16-26)36(53-25(5)45)40(8)30(52-24(4)44)19-28(50-22(2)42)33(46)32(40)35(41)55-38(48)27-17-13-10-14-18-27/h9-18,28-30,32,34-36,49H,19-20H2,1-8H3/t28-,29-,30-,32+,34+,35-,36-,40+,41-/m0/s1. The number of benzene rings is 2. The Kier molecular flexibility index (Phi) is 11.4. The molecule has 5 rings (SSSR count). The topological polar surface area (TPSA) is 195 Å². The predicted octanol–water partition coefficient (Wildman–Crippen LogP) is 4.25. The van der Waals surface area contributed by atoms with E-state index in [0.717, 1.165) is 20.8 Å². The molecule has 3 aliphatic rings. The lowest BCUT2D eigenvalue weighted by molar-refractivity contribution is -0.219. The maximum absolute atomic E-state index is 15.2. The number of ketones is 1. The molecule has 14 nitrogen and oxygen atoms in total. The van der Waals surface area contributed by atoms with E-state index in [-0.39, 0.29) is 28.7 Å². The number of carbonyl (C=O) groups excluding carboxylic acids is 7. The van der Waals surface area contributed by atoms with Gasteiger partial charge in [0.25, 0.3) is 0 Å². The first kappa shape index (κ1) is 40.8. The van der Waals surface area contributed by atoms with Gasteiger partial charge in [-0.1, -0.05) is 43.3 Å². The van der Waals surface area contributed by atoms with Crippen molar-refractivity contribution in [3.63, 3.8) is 0 Å². The highest BCUT2D eigenvalue weighted by molar-refractivity contribution is 5.93. The van der Waals surface area contributed by atoms with Crippen molar-refractivity contribution in [2.75, 3.05) is 0 Å². The summed E-state index contributed by atoms with van der Waals surface area (Å²) in [5, 5.41) is 12.6. The Morgan fingerprint density at radius 1 is 0.673 bits per heavy atom. The number of hydrogen-bond donors (Lipinski definition) is 1. The van der Waals surface area contributed by atoms with E-state index < -0.39 is 107 Å². The molecular weight excluding hydrogens is 716 g/mol. The van der Waals surface area contributed by atoms with Gasteiger partial charge in [-0.05, 0) is 56.2 Å². The van der Waals surface area contributed by atoms with Crippen LogP contribution in [-0.2, 0) is 52.4 Å². The van der Waals surface area contributed by atoms with Crippen LogP contribution in [0, 0.1) is 16.7 Å². The average Bonchev–Trinajstić information content (AvgIpc) is 3.36. The third-order valence-electron chi connectivity index (χ3n) is 11.1. The summed E-state index contributed by atoms with van der Waals surface area (Å²) in [6, 6.07) is 15.7. The Balaban J connectivity index is 1.95. The van der Waals surface area contributed by atoms with Crippen molar-refractivity contribution in [3.05, 3.63) is 82.9 Å². The van der Waals surface area contributed by atoms with Crippen molar-refractivity contribution >= 4 is 41.6 Å². The van der Waals surface area contributed by atoms with Crippen molar-refractivity contribution < 1.29 is 67.1 Å². The number of esters is 6. The fraction of sp³-hybridized carbons (Fsp3) is 0.488. The molecule has 0 aromatic heterocycles. The van der Waals surface area contributed by atoms with Gasteiger partial charge in [-0.2, -0.15) is 0 Å². The van der Waals surface area contributed by atoms with E-state index in [1.165, 1.54) is 52.0 Å². The SMILES string of the molecule is CC(=O)O[C@H]1C[C@H](OC(C)=O)[C@]2(C)[C@H](C1=O)[C@H](OC(=O)c1ccccc1)[C@]1(C(C)(C)O)C[C@H](OC(C)=O)C(C)=C1[C@@H](OC(=O)c1ccccc1)[C@@H]2OC(C)=O. The van der Waals surface area contributed by atoms with E-state index in [1.807, 2.05) is 0 Å². The maximum atomic E-state index is 15.2. The second kappa shape index (κ2) is 15.4. The zero-order chi connectivity index (χ0) is 40.6. The molecule has 0 unspecified atom stereocenters. The molecular formula is C41H46O14. The fourth-order valence-electron chi connectivity index (χ4n) is 8.81. The van der Waals surface area contributed by atoms with E-state index in [9.17, 15) is 33.9 Å². The third kappa shape index (κ3) is 7.51. The summed E-state index contributed by atoms with van der Waals surface area (Å²) in [6.07, 6.45) is -10.00. The minimum Gasteiger partial charge on any atom is -0.462 e. The molecule has 0 saturated heterocycles. The molecule has 2 saturated carbocycles. The molecule has 2 fully saturated rings. The summed E-state index contributed by atoms with van der Waals surface area (Å²) in [6.45, 7) is 10.3. The minimum atomic E-state index is -2.02. The third-order valence-corrected chi connectivity index (χ3v) is 11.1. The molecule has 9 atom stereocenters. The molecule has 0 heterocycles. The highest BCUT2D eigenvalue weighted by Crippen LogP contribution is 2.65. The van der Waals surface area contributed by atoms with Crippen molar-refractivity contribution in [1.82, 2.24) is 0 Å². The van der Waals surface area contributed by atoms with Gasteiger partial charge in [-0.25, -0.2) is 9.59 Å². The molecule has 0 spiro atoms.